The van der Waals surface area contributed by atoms with Gasteiger partial charge in [-0.3, -0.25) is 4.79 Å². The quantitative estimate of drug-likeness (QED) is 0.0928. The second-order valence-corrected chi connectivity index (χ2v) is 18.3. The van der Waals surface area contributed by atoms with E-state index in [4.69, 9.17) is 59.0 Å². The average molecular weight is 938 g/mol. The fourth-order valence-corrected chi connectivity index (χ4v) is 9.90. The van der Waals surface area contributed by atoms with E-state index in [9.17, 15) is 18.0 Å². The number of fused-ring (bicyclic) bond motifs is 2. The maximum atomic E-state index is 14.6. The molecule has 1 unspecified atom stereocenters. The van der Waals surface area contributed by atoms with Crippen molar-refractivity contribution in [2.45, 2.75) is 56.0 Å². The molecule has 16 heteroatoms. The van der Waals surface area contributed by atoms with Crippen molar-refractivity contribution in [2.75, 3.05) is 13.7 Å². The number of carbonyl (C=O) groups excluding carboxylic acids is 2. The van der Waals surface area contributed by atoms with Crippen LogP contribution in [0.3, 0.4) is 0 Å². The summed E-state index contributed by atoms with van der Waals surface area (Å²) >= 11 is 18.3. The number of pyridine rings is 1. The van der Waals surface area contributed by atoms with Crippen molar-refractivity contribution in [3.63, 3.8) is 0 Å². The van der Waals surface area contributed by atoms with Crippen molar-refractivity contribution in [2.24, 2.45) is 0 Å². The van der Waals surface area contributed by atoms with Gasteiger partial charge in [0.15, 0.2) is 17.6 Å². The zero-order valence-electron chi connectivity index (χ0n) is 34.4. The van der Waals surface area contributed by atoms with Crippen molar-refractivity contribution in [1.82, 2.24) is 14.6 Å². The molecule has 0 spiro atoms. The van der Waals surface area contributed by atoms with Crippen LogP contribution >= 0.6 is 34.8 Å². The van der Waals surface area contributed by atoms with Crippen LogP contribution in [0, 0.1) is 18.3 Å². The first-order valence-corrected chi connectivity index (χ1v) is 22.6. The molecule has 5 aromatic carbocycles. The second kappa shape index (κ2) is 18.9. The lowest BCUT2D eigenvalue weighted by Crippen LogP contribution is -2.56. The summed E-state index contributed by atoms with van der Waals surface area (Å²) in [6, 6.07) is 33.3. The van der Waals surface area contributed by atoms with Gasteiger partial charge in [0.05, 0.1) is 34.5 Å². The topological polar surface area (TPSA) is 157 Å². The van der Waals surface area contributed by atoms with Crippen molar-refractivity contribution >= 4 is 56.7 Å². The third-order valence-corrected chi connectivity index (χ3v) is 14.0. The number of hydrogen-bond acceptors (Lipinski definition) is 10. The van der Waals surface area contributed by atoms with Gasteiger partial charge in [-0.15, -0.1) is 0 Å². The first-order valence-electron chi connectivity index (χ1n) is 20.0. The number of nitriles is 1. The highest BCUT2D eigenvalue weighted by molar-refractivity contribution is 7.89. The predicted molar refractivity (Wildman–Crippen MR) is 241 cm³/mol. The summed E-state index contributed by atoms with van der Waals surface area (Å²) in [4.78, 5) is 31.7. The Kier molecular flexibility index (Phi) is 13.1. The van der Waals surface area contributed by atoms with Crippen molar-refractivity contribution < 1.29 is 37.0 Å². The number of aryl methyl sites for hydroxylation is 1. The average Bonchev–Trinajstić information content (AvgIpc) is 3.30. The van der Waals surface area contributed by atoms with Gasteiger partial charge in [0.2, 0.25) is 15.9 Å². The SMILES string of the molecule is COC(=O)[C@H](Cc1ccc(-c2ccc(C#N)cc2)cc1)NC(=O)C1Cc2cc3c(cc2CN1S(=O)(=O)c1ccc(Cl)nc1C)O[C@@H](c1ccc(OCc2ccc(Cl)c(Cl)c2)cc1)CO3. The molecule has 1 aromatic heterocycles. The molecule has 0 fully saturated rings. The number of nitrogens with zero attached hydrogens (tertiary/aromatic N) is 3. The van der Waals surface area contributed by atoms with Gasteiger partial charge in [-0.05, 0) is 113 Å². The van der Waals surface area contributed by atoms with E-state index in [-0.39, 0.29) is 41.7 Å². The van der Waals surface area contributed by atoms with Crippen molar-refractivity contribution in [3.05, 3.63) is 170 Å². The van der Waals surface area contributed by atoms with Gasteiger partial charge in [0.25, 0.3) is 0 Å². The van der Waals surface area contributed by atoms with E-state index in [1.807, 2.05) is 66.7 Å². The van der Waals surface area contributed by atoms with Gasteiger partial charge < -0.3 is 24.3 Å². The maximum Gasteiger partial charge on any atom is 0.328 e. The molecule has 64 heavy (non-hydrogen) atoms. The summed E-state index contributed by atoms with van der Waals surface area (Å²) in [5, 5.41) is 13.0. The Labute approximate surface area is 385 Å². The van der Waals surface area contributed by atoms with Crippen LogP contribution in [-0.2, 0) is 50.3 Å². The third kappa shape index (κ3) is 9.67. The maximum absolute atomic E-state index is 14.6. The number of benzene rings is 5. The number of halogens is 3. The fraction of sp³-hybridized carbons (Fsp3) is 0.208. The number of methoxy groups -OCH3 is 1. The molecule has 3 heterocycles. The first kappa shape index (κ1) is 44.5. The molecule has 12 nitrogen and oxygen atoms in total. The molecule has 3 atom stereocenters. The number of sulfonamides is 1. The molecule has 326 valence electrons. The van der Waals surface area contributed by atoms with Gasteiger partial charge in [-0.25, -0.2) is 18.2 Å². The van der Waals surface area contributed by atoms with Crippen LogP contribution < -0.4 is 19.5 Å². The van der Waals surface area contributed by atoms with Gasteiger partial charge in [0.1, 0.15) is 41.1 Å². The molecule has 2 aliphatic rings. The predicted octanol–water partition coefficient (Wildman–Crippen LogP) is 9.00. The number of nitrogens with one attached hydrogen (secondary N) is 1. The van der Waals surface area contributed by atoms with E-state index >= 15 is 0 Å². The van der Waals surface area contributed by atoms with Gasteiger partial charge in [0, 0.05) is 13.0 Å². The Morgan fingerprint density at radius 2 is 1.56 bits per heavy atom. The van der Waals surface area contributed by atoms with Crippen LogP contribution in [0.5, 0.6) is 17.2 Å². The molecule has 1 N–H and O–H groups in total. The lowest BCUT2D eigenvalue weighted by Gasteiger charge is -2.37. The van der Waals surface area contributed by atoms with E-state index in [1.165, 1.54) is 26.2 Å². The van der Waals surface area contributed by atoms with E-state index < -0.39 is 40.1 Å². The fourth-order valence-electron chi connectivity index (χ4n) is 7.67. The summed E-state index contributed by atoms with van der Waals surface area (Å²) in [5.41, 5.74) is 6.20. The minimum absolute atomic E-state index is 0.0442. The highest BCUT2D eigenvalue weighted by atomic mass is 35.5. The summed E-state index contributed by atoms with van der Waals surface area (Å²) in [7, 11) is -3.17. The van der Waals surface area contributed by atoms with Gasteiger partial charge in [-0.1, -0.05) is 89.4 Å². The van der Waals surface area contributed by atoms with Crippen LogP contribution in [0.4, 0.5) is 0 Å². The summed E-state index contributed by atoms with van der Waals surface area (Å²) in [5.74, 6) is 0.0992. The summed E-state index contributed by atoms with van der Waals surface area (Å²) in [6.07, 6.45) is -0.463. The molecule has 0 aliphatic carbocycles. The van der Waals surface area contributed by atoms with Crippen LogP contribution in [-0.4, -0.2) is 55.4 Å². The number of carbonyl (C=O) groups is 2. The normalized spacial score (nSPS) is 16.2. The molecule has 0 bridgehead atoms. The molecule has 8 rings (SSSR count). The smallest absolute Gasteiger partial charge is 0.328 e. The van der Waals surface area contributed by atoms with Crippen LogP contribution in [0.2, 0.25) is 15.2 Å². The largest absolute Gasteiger partial charge is 0.489 e. The van der Waals surface area contributed by atoms with Crippen LogP contribution in [0.15, 0.2) is 120 Å². The Morgan fingerprint density at radius 3 is 2.23 bits per heavy atom. The molecule has 0 saturated carbocycles. The third-order valence-electron chi connectivity index (χ3n) is 11.1. The molecular formula is C48H39Cl3N4O8S. The highest BCUT2D eigenvalue weighted by Gasteiger charge is 2.42. The Morgan fingerprint density at radius 1 is 0.875 bits per heavy atom. The van der Waals surface area contributed by atoms with Crippen LogP contribution in [0.1, 0.15) is 45.2 Å². The molecule has 1 amide bonds. The number of hydrogen-bond donors (Lipinski definition) is 1. The molecule has 2 aliphatic heterocycles. The van der Waals surface area contributed by atoms with Crippen molar-refractivity contribution in [1.29, 1.82) is 5.26 Å². The Balaban J connectivity index is 1.02. The Hall–Kier alpha value is -6.14. The van der Waals surface area contributed by atoms with E-state index in [0.29, 0.717) is 50.6 Å². The molecule has 0 saturated heterocycles. The number of esters is 1. The minimum atomic E-state index is -4.39. The number of rotatable bonds is 12. The van der Waals surface area contributed by atoms with E-state index in [0.717, 1.165) is 32.1 Å². The molecule has 0 radical (unpaired) electrons. The first-order chi connectivity index (χ1) is 30.8. The lowest BCUT2D eigenvalue weighted by molar-refractivity contribution is -0.145. The minimum Gasteiger partial charge on any atom is -0.489 e. The molecule has 6 aromatic rings. The van der Waals surface area contributed by atoms with E-state index in [2.05, 4.69) is 16.4 Å². The van der Waals surface area contributed by atoms with Crippen LogP contribution in [0.25, 0.3) is 11.1 Å². The molecular weight excluding hydrogens is 899 g/mol. The zero-order chi connectivity index (χ0) is 45.1. The standard InChI is InChI=1S/C48H39Cl3N4O8S/c1-28-45(17-18-46(51)53-28)64(58,59)55-25-36-23-43-42(62-27-44(63-43)34-12-14-37(15-13-34)61-26-31-7-16-38(49)39(50)19-31)22-35(36)21-41(55)47(56)54-40(48(57)60-2)20-29-3-8-32(9-4-29)33-10-5-30(24-52)6-11-33/h3-19,22-23,40-41,44H,20-21,25-27H2,1-2H3,(H,54,56)/t40-,41?,44+/m0/s1. The van der Waals surface area contributed by atoms with Gasteiger partial charge >= 0.3 is 5.97 Å². The summed E-state index contributed by atoms with van der Waals surface area (Å²) < 4.78 is 54.0. The van der Waals surface area contributed by atoms with Crippen molar-refractivity contribution in [3.8, 4) is 34.4 Å². The Bertz CT molecular complexity index is 2890. The summed E-state index contributed by atoms with van der Waals surface area (Å²) in [6.45, 7) is 1.81. The highest BCUT2D eigenvalue weighted by Crippen LogP contribution is 2.42. The van der Waals surface area contributed by atoms with Gasteiger partial charge in [-0.2, -0.15) is 9.57 Å². The second-order valence-electron chi connectivity index (χ2n) is 15.3. The lowest BCUT2D eigenvalue weighted by atomic mass is 9.93. The monoisotopic (exact) mass is 936 g/mol. The number of aromatic nitrogens is 1. The zero-order valence-corrected chi connectivity index (χ0v) is 37.5. The van der Waals surface area contributed by atoms with E-state index in [1.54, 1.807) is 36.4 Å². The number of amides is 1. The number of ether oxygens (including phenoxy) is 4.